The SMILES string of the molecule is CCOC(=O)c1nnn([C@@H]2CCCN(C(=O)OC(C)(C)C)C2)c1C. The molecular formula is C16H26N4O4. The second-order valence-corrected chi connectivity index (χ2v) is 6.91. The van der Waals surface area contributed by atoms with Crippen molar-refractivity contribution in [3.05, 3.63) is 11.4 Å². The van der Waals surface area contributed by atoms with Gasteiger partial charge in [0.1, 0.15) is 5.60 Å². The monoisotopic (exact) mass is 338 g/mol. The molecule has 1 aromatic rings. The van der Waals surface area contributed by atoms with Gasteiger partial charge in [-0.1, -0.05) is 5.21 Å². The Bertz CT molecular complexity index is 606. The first-order valence-corrected chi connectivity index (χ1v) is 8.29. The first-order chi connectivity index (χ1) is 11.2. The van der Waals surface area contributed by atoms with Crippen molar-refractivity contribution in [2.45, 2.75) is 59.1 Å². The number of amides is 1. The third-order valence-corrected chi connectivity index (χ3v) is 3.79. The molecule has 8 heteroatoms. The molecule has 1 aliphatic rings. The molecule has 8 nitrogen and oxygen atoms in total. The summed E-state index contributed by atoms with van der Waals surface area (Å²) >= 11 is 0. The van der Waals surface area contributed by atoms with Gasteiger partial charge in [-0.3, -0.25) is 0 Å². The van der Waals surface area contributed by atoms with Gasteiger partial charge in [0.25, 0.3) is 0 Å². The zero-order chi connectivity index (χ0) is 17.9. The molecule has 0 N–H and O–H groups in total. The van der Waals surface area contributed by atoms with Gasteiger partial charge in [0.15, 0.2) is 5.69 Å². The van der Waals surface area contributed by atoms with Crippen molar-refractivity contribution >= 4 is 12.1 Å². The van der Waals surface area contributed by atoms with E-state index in [4.69, 9.17) is 9.47 Å². The van der Waals surface area contributed by atoms with E-state index >= 15 is 0 Å². The molecule has 0 aliphatic carbocycles. The summed E-state index contributed by atoms with van der Waals surface area (Å²) in [5.41, 5.74) is 0.361. The predicted octanol–water partition coefficient (Wildman–Crippen LogP) is 2.34. The van der Waals surface area contributed by atoms with Crippen LogP contribution in [-0.4, -0.2) is 57.3 Å². The highest BCUT2D eigenvalue weighted by molar-refractivity contribution is 5.88. The molecule has 134 valence electrons. The Morgan fingerprint density at radius 1 is 1.33 bits per heavy atom. The van der Waals surface area contributed by atoms with Gasteiger partial charge >= 0.3 is 12.1 Å². The van der Waals surface area contributed by atoms with Crippen molar-refractivity contribution in [2.75, 3.05) is 19.7 Å². The van der Waals surface area contributed by atoms with Crippen LogP contribution in [0.15, 0.2) is 0 Å². The molecule has 0 aromatic carbocycles. The largest absolute Gasteiger partial charge is 0.461 e. The second-order valence-electron chi connectivity index (χ2n) is 6.91. The van der Waals surface area contributed by atoms with E-state index in [1.54, 1.807) is 23.4 Å². The lowest BCUT2D eigenvalue weighted by Crippen LogP contribution is -2.43. The van der Waals surface area contributed by atoms with Gasteiger partial charge in [-0.25, -0.2) is 14.3 Å². The van der Waals surface area contributed by atoms with Crippen LogP contribution in [0, 0.1) is 6.92 Å². The van der Waals surface area contributed by atoms with Crippen molar-refractivity contribution in [3.63, 3.8) is 0 Å². The van der Waals surface area contributed by atoms with Crippen LogP contribution >= 0.6 is 0 Å². The minimum Gasteiger partial charge on any atom is -0.461 e. The molecule has 0 bridgehead atoms. The molecular weight excluding hydrogens is 312 g/mol. The van der Waals surface area contributed by atoms with Gasteiger partial charge in [-0.15, -0.1) is 5.10 Å². The van der Waals surface area contributed by atoms with Crippen molar-refractivity contribution in [1.82, 2.24) is 19.9 Å². The highest BCUT2D eigenvalue weighted by atomic mass is 16.6. The second kappa shape index (κ2) is 7.19. The van der Waals surface area contributed by atoms with Crippen LogP contribution in [0.4, 0.5) is 4.79 Å². The maximum Gasteiger partial charge on any atom is 0.410 e. The number of nitrogens with zero attached hydrogens (tertiary/aromatic N) is 4. The molecule has 1 saturated heterocycles. The topological polar surface area (TPSA) is 86.5 Å². The first-order valence-electron chi connectivity index (χ1n) is 8.29. The van der Waals surface area contributed by atoms with Crippen molar-refractivity contribution < 1.29 is 19.1 Å². The molecule has 24 heavy (non-hydrogen) atoms. The van der Waals surface area contributed by atoms with Crippen LogP contribution in [-0.2, 0) is 9.47 Å². The standard InChI is InChI=1S/C16H26N4O4/c1-6-23-14(21)13-11(2)20(18-17-13)12-8-7-9-19(10-12)15(22)24-16(3,4)5/h12H,6-10H2,1-5H3/t12-/m1/s1. The third-order valence-electron chi connectivity index (χ3n) is 3.79. The number of likely N-dealkylation sites (tertiary alicyclic amines) is 1. The molecule has 0 spiro atoms. The lowest BCUT2D eigenvalue weighted by atomic mass is 10.1. The van der Waals surface area contributed by atoms with E-state index in [0.29, 0.717) is 25.4 Å². The van der Waals surface area contributed by atoms with Crippen LogP contribution in [0.3, 0.4) is 0 Å². The van der Waals surface area contributed by atoms with Crippen molar-refractivity contribution in [2.24, 2.45) is 0 Å². The zero-order valence-electron chi connectivity index (χ0n) is 15.0. The number of ether oxygens (including phenoxy) is 2. The van der Waals surface area contributed by atoms with Crippen LogP contribution < -0.4 is 0 Å². The van der Waals surface area contributed by atoms with Gasteiger partial charge in [-0.05, 0) is 47.5 Å². The van der Waals surface area contributed by atoms with E-state index in [1.807, 2.05) is 20.8 Å². The summed E-state index contributed by atoms with van der Waals surface area (Å²) < 4.78 is 12.1. The Labute approximate surface area is 142 Å². The molecule has 1 aliphatic heterocycles. The van der Waals surface area contributed by atoms with E-state index in [0.717, 1.165) is 12.8 Å². The lowest BCUT2D eigenvalue weighted by molar-refractivity contribution is 0.0165. The summed E-state index contributed by atoms with van der Waals surface area (Å²) in [4.78, 5) is 25.8. The van der Waals surface area contributed by atoms with Crippen LogP contribution in [0.25, 0.3) is 0 Å². The average molecular weight is 338 g/mol. The molecule has 1 fully saturated rings. The van der Waals surface area contributed by atoms with Crippen LogP contribution in [0.5, 0.6) is 0 Å². The summed E-state index contributed by atoms with van der Waals surface area (Å²) in [6.45, 7) is 10.5. The van der Waals surface area contributed by atoms with Gasteiger partial charge in [0, 0.05) is 13.1 Å². The Balaban J connectivity index is 2.10. The summed E-state index contributed by atoms with van der Waals surface area (Å²) in [6, 6.07) is -0.0260. The zero-order valence-corrected chi connectivity index (χ0v) is 15.0. The smallest absolute Gasteiger partial charge is 0.410 e. The maximum atomic E-state index is 12.3. The molecule has 1 amide bonds. The van der Waals surface area contributed by atoms with E-state index < -0.39 is 11.6 Å². The number of piperidine rings is 1. The highest BCUT2D eigenvalue weighted by Crippen LogP contribution is 2.24. The number of aromatic nitrogens is 3. The minimum absolute atomic E-state index is 0.0260. The molecule has 2 rings (SSSR count). The fraction of sp³-hybridized carbons (Fsp3) is 0.750. The van der Waals surface area contributed by atoms with E-state index in [9.17, 15) is 9.59 Å². The quantitative estimate of drug-likeness (QED) is 0.786. The molecule has 0 saturated carbocycles. The Hall–Kier alpha value is -2.12. The fourth-order valence-corrected chi connectivity index (χ4v) is 2.72. The number of carbonyl (C=O) groups excluding carboxylic acids is 2. The summed E-state index contributed by atoms with van der Waals surface area (Å²) in [5, 5.41) is 8.04. The van der Waals surface area contributed by atoms with Crippen LogP contribution in [0.1, 0.15) is 62.8 Å². The maximum absolute atomic E-state index is 12.3. The molecule has 0 unspecified atom stereocenters. The van der Waals surface area contributed by atoms with Gasteiger partial charge < -0.3 is 14.4 Å². The third kappa shape index (κ3) is 4.24. The number of carbonyl (C=O) groups is 2. The van der Waals surface area contributed by atoms with Crippen LogP contribution in [0.2, 0.25) is 0 Å². The van der Waals surface area contributed by atoms with Gasteiger partial charge in [0.05, 0.1) is 18.3 Å². The first kappa shape index (κ1) is 18.2. The number of hydrogen-bond acceptors (Lipinski definition) is 6. The van der Waals surface area contributed by atoms with Crippen molar-refractivity contribution in [3.8, 4) is 0 Å². The minimum atomic E-state index is -0.524. The average Bonchev–Trinajstić information content (AvgIpc) is 2.87. The molecule has 0 radical (unpaired) electrons. The fourth-order valence-electron chi connectivity index (χ4n) is 2.72. The number of esters is 1. The number of hydrogen-bond donors (Lipinski definition) is 0. The number of rotatable bonds is 3. The molecule has 2 heterocycles. The normalized spacial score (nSPS) is 18.4. The summed E-state index contributed by atoms with van der Waals surface area (Å²) in [5.74, 6) is -0.471. The Morgan fingerprint density at radius 2 is 2.04 bits per heavy atom. The van der Waals surface area contributed by atoms with Crippen molar-refractivity contribution in [1.29, 1.82) is 0 Å². The summed E-state index contributed by atoms with van der Waals surface area (Å²) in [6.07, 6.45) is 1.39. The lowest BCUT2D eigenvalue weighted by Gasteiger charge is -2.34. The van der Waals surface area contributed by atoms with E-state index in [-0.39, 0.29) is 17.8 Å². The molecule has 1 atom stereocenters. The summed E-state index contributed by atoms with van der Waals surface area (Å²) in [7, 11) is 0. The van der Waals surface area contributed by atoms with E-state index in [2.05, 4.69) is 10.3 Å². The highest BCUT2D eigenvalue weighted by Gasteiger charge is 2.30. The molecule has 1 aromatic heterocycles. The van der Waals surface area contributed by atoms with Gasteiger partial charge in [0.2, 0.25) is 0 Å². The predicted molar refractivity (Wildman–Crippen MR) is 86.8 cm³/mol. The van der Waals surface area contributed by atoms with Gasteiger partial charge in [-0.2, -0.15) is 0 Å². The van der Waals surface area contributed by atoms with E-state index in [1.165, 1.54) is 0 Å². The Morgan fingerprint density at radius 3 is 2.67 bits per heavy atom. The Kier molecular flexibility index (Phi) is 5.46.